The Labute approximate surface area is 248 Å². The highest BCUT2D eigenvalue weighted by Crippen LogP contribution is 2.34. The standard InChI is InChI=1S/C32H29FN4O5S/c1-40-31-19-26(8-12-30(31)42-20-22-3-2-4-25(33)17-22)36-32-28-18-24(7-11-29(28)34-21-35-32)23-5-9-27(10-6-23)43(38,39)37-13-15-41-16-14-37/h2-12,17-19,21H,13-16,20H2,1H3,(H,34,35,36). The number of hydrogen-bond donors (Lipinski definition) is 1. The molecular weight excluding hydrogens is 571 g/mol. The Morgan fingerprint density at radius 3 is 2.47 bits per heavy atom. The zero-order chi connectivity index (χ0) is 29.8. The third-order valence-corrected chi connectivity index (χ3v) is 9.05. The van der Waals surface area contributed by atoms with Crippen LogP contribution in [-0.2, 0) is 21.4 Å². The maximum Gasteiger partial charge on any atom is 0.243 e. The van der Waals surface area contributed by atoms with E-state index in [9.17, 15) is 12.8 Å². The Balaban J connectivity index is 1.23. The minimum absolute atomic E-state index is 0.195. The van der Waals surface area contributed by atoms with E-state index in [1.165, 1.54) is 22.8 Å². The van der Waals surface area contributed by atoms with Crippen LogP contribution in [0.3, 0.4) is 0 Å². The number of benzene rings is 4. The van der Waals surface area contributed by atoms with Crippen LogP contribution in [0.15, 0.2) is 96.2 Å². The van der Waals surface area contributed by atoms with Crippen molar-refractivity contribution >= 4 is 32.4 Å². The van der Waals surface area contributed by atoms with Gasteiger partial charge in [0, 0.05) is 30.2 Å². The fourth-order valence-corrected chi connectivity index (χ4v) is 6.29. The summed E-state index contributed by atoms with van der Waals surface area (Å²) in [4.78, 5) is 9.13. The lowest BCUT2D eigenvalue weighted by Crippen LogP contribution is -2.40. The lowest BCUT2D eigenvalue weighted by molar-refractivity contribution is 0.0730. The van der Waals surface area contributed by atoms with Gasteiger partial charge in [-0.15, -0.1) is 0 Å². The van der Waals surface area contributed by atoms with E-state index in [0.29, 0.717) is 49.2 Å². The summed E-state index contributed by atoms with van der Waals surface area (Å²) in [6.45, 7) is 1.69. The molecule has 11 heteroatoms. The molecule has 5 aromatic rings. The summed E-state index contributed by atoms with van der Waals surface area (Å²) in [7, 11) is -2.02. The molecule has 1 aliphatic rings. The normalized spacial score (nSPS) is 14.0. The van der Waals surface area contributed by atoms with Gasteiger partial charge in [-0.2, -0.15) is 4.31 Å². The second kappa shape index (κ2) is 12.3. The van der Waals surface area contributed by atoms with Gasteiger partial charge in [0.2, 0.25) is 10.0 Å². The summed E-state index contributed by atoms with van der Waals surface area (Å²) in [5.74, 6) is 1.30. The Morgan fingerprint density at radius 1 is 0.907 bits per heavy atom. The first-order valence-corrected chi connectivity index (χ1v) is 15.1. The summed E-state index contributed by atoms with van der Waals surface area (Å²) in [6.07, 6.45) is 1.49. The van der Waals surface area contributed by atoms with Crippen LogP contribution in [-0.4, -0.2) is 56.1 Å². The molecule has 9 nitrogen and oxygen atoms in total. The van der Waals surface area contributed by atoms with E-state index in [-0.39, 0.29) is 17.3 Å². The van der Waals surface area contributed by atoms with Crippen molar-refractivity contribution < 1.29 is 27.0 Å². The summed E-state index contributed by atoms with van der Waals surface area (Å²) in [6, 6.07) is 24.4. The van der Waals surface area contributed by atoms with Crippen molar-refractivity contribution in [3.05, 3.63) is 103 Å². The van der Waals surface area contributed by atoms with E-state index in [4.69, 9.17) is 14.2 Å². The van der Waals surface area contributed by atoms with Crippen LogP contribution in [0.2, 0.25) is 0 Å². The average molecular weight is 601 g/mol. The minimum Gasteiger partial charge on any atom is -0.493 e. The number of nitrogens with zero attached hydrogens (tertiary/aromatic N) is 3. The third-order valence-electron chi connectivity index (χ3n) is 7.14. The van der Waals surface area contributed by atoms with E-state index in [1.54, 1.807) is 55.6 Å². The second-order valence-corrected chi connectivity index (χ2v) is 11.8. The smallest absolute Gasteiger partial charge is 0.243 e. The molecule has 0 bridgehead atoms. The van der Waals surface area contributed by atoms with Crippen LogP contribution in [0.5, 0.6) is 11.5 Å². The first-order chi connectivity index (χ1) is 20.9. The predicted molar refractivity (Wildman–Crippen MR) is 162 cm³/mol. The summed E-state index contributed by atoms with van der Waals surface area (Å²) in [5.41, 5.74) is 3.92. The van der Waals surface area contributed by atoms with Gasteiger partial charge in [-0.3, -0.25) is 0 Å². The van der Waals surface area contributed by atoms with Gasteiger partial charge in [-0.05, 0) is 65.2 Å². The molecule has 0 atom stereocenters. The minimum atomic E-state index is -3.58. The molecule has 220 valence electrons. The number of aromatic nitrogens is 2. The van der Waals surface area contributed by atoms with E-state index in [2.05, 4.69) is 15.3 Å². The number of nitrogens with one attached hydrogen (secondary N) is 1. The molecule has 2 heterocycles. The molecule has 1 aromatic heterocycles. The zero-order valence-electron chi connectivity index (χ0n) is 23.4. The number of ether oxygens (including phenoxy) is 3. The molecule has 0 amide bonds. The molecule has 1 saturated heterocycles. The molecule has 0 spiro atoms. The molecule has 1 fully saturated rings. The fraction of sp³-hybridized carbons (Fsp3) is 0.188. The predicted octanol–water partition coefficient (Wildman–Crippen LogP) is 5.79. The van der Waals surface area contributed by atoms with Crippen molar-refractivity contribution in [2.75, 3.05) is 38.7 Å². The van der Waals surface area contributed by atoms with Crippen molar-refractivity contribution in [1.82, 2.24) is 14.3 Å². The highest BCUT2D eigenvalue weighted by molar-refractivity contribution is 7.89. The van der Waals surface area contributed by atoms with Crippen molar-refractivity contribution in [3.8, 4) is 22.6 Å². The summed E-state index contributed by atoms with van der Waals surface area (Å²) < 4.78 is 57.8. The Morgan fingerprint density at radius 2 is 1.70 bits per heavy atom. The molecule has 43 heavy (non-hydrogen) atoms. The monoisotopic (exact) mass is 600 g/mol. The number of methoxy groups -OCH3 is 1. The molecule has 4 aromatic carbocycles. The van der Waals surface area contributed by atoms with E-state index < -0.39 is 10.0 Å². The molecule has 0 aliphatic carbocycles. The average Bonchev–Trinajstić information content (AvgIpc) is 3.04. The van der Waals surface area contributed by atoms with Gasteiger partial charge in [0.05, 0.1) is 30.7 Å². The zero-order valence-corrected chi connectivity index (χ0v) is 24.2. The molecular formula is C32H29FN4O5S. The fourth-order valence-electron chi connectivity index (χ4n) is 4.88. The largest absolute Gasteiger partial charge is 0.493 e. The van der Waals surface area contributed by atoms with Gasteiger partial charge < -0.3 is 19.5 Å². The number of fused-ring (bicyclic) bond motifs is 1. The lowest BCUT2D eigenvalue weighted by Gasteiger charge is -2.26. The van der Waals surface area contributed by atoms with Gasteiger partial charge in [0.1, 0.15) is 24.6 Å². The molecule has 6 rings (SSSR count). The van der Waals surface area contributed by atoms with Gasteiger partial charge in [-0.1, -0.05) is 30.3 Å². The van der Waals surface area contributed by atoms with Crippen molar-refractivity contribution in [2.24, 2.45) is 0 Å². The lowest BCUT2D eigenvalue weighted by atomic mass is 10.0. The summed E-state index contributed by atoms with van der Waals surface area (Å²) >= 11 is 0. The maximum atomic E-state index is 13.5. The highest BCUT2D eigenvalue weighted by atomic mass is 32.2. The van der Waals surface area contributed by atoms with Crippen LogP contribution >= 0.6 is 0 Å². The molecule has 0 unspecified atom stereocenters. The number of morpholine rings is 1. The molecule has 1 aliphatic heterocycles. The van der Waals surface area contributed by atoms with Gasteiger partial charge in [0.25, 0.3) is 0 Å². The van der Waals surface area contributed by atoms with Crippen LogP contribution < -0.4 is 14.8 Å². The van der Waals surface area contributed by atoms with E-state index in [0.717, 1.165) is 27.7 Å². The van der Waals surface area contributed by atoms with Crippen molar-refractivity contribution in [2.45, 2.75) is 11.5 Å². The quantitative estimate of drug-likeness (QED) is 0.227. The van der Waals surface area contributed by atoms with Gasteiger partial charge in [0.15, 0.2) is 11.5 Å². The molecule has 0 radical (unpaired) electrons. The number of rotatable bonds is 9. The first kappa shape index (κ1) is 28.5. The number of sulfonamides is 1. The third kappa shape index (κ3) is 6.29. The SMILES string of the molecule is COc1cc(Nc2ncnc3ccc(-c4ccc(S(=O)(=O)N5CCOCC5)cc4)cc23)ccc1OCc1cccc(F)c1. The number of hydrogen-bond acceptors (Lipinski definition) is 8. The molecule has 0 saturated carbocycles. The van der Waals surface area contributed by atoms with Gasteiger partial charge in [-0.25, -0.2) is 22.8 Å². The number of halogens is 1. The van der Waals surface area contributed by atoms with Crippen LogP contribution in [0.4, 0.5) is 15.9 Å². The Kier molecular flexibility index (Phi) is 8.19. The first-order valence-electron chi connectivity index (χ1n) is 13.7. The maximum absolute atomic E-state index is 13.5. The second-order valence-electron chi connectivity index (χ2n) is 9.90. The summed E-state index contributed by atoms with van der Waals surface area (Å²) in [5, 5.41) is 4.13. The van der Waals surface area contributed by atoms with E-state index >= 15 is 0 Å². The highest BCUT2D eigenvalue weighted by Gasteiger charge is 2.26. The van der Waals surface area contributed by atoms with Crippen molar-refractivity contribution in [1.29, 1.82) is 0 Å². The van der Waals surface area contributed by atoms with Crippen molar-refractivity contribution in [3.63, 3.8) is 0 Å². The van der Waals surface area contributed by atoms with Crippen LogP contribution in [0, 0.1) is 5.82 Å². The molecule has 1 N–H and O–H groups in total. The van der Waals surface area contributed by atoms with Crippen LogP contribution in [0.25, 0.3) is 22.0 Å². The van der Waals surface area contributed by atoms with Crippen LogP contribution in [0.1, 0.15) is 5.56 Å². The number of anilines is 2. The van der Waals surface area contributed by atoms with Gasteiger partial charge >= 0.3 is 0 Å². The Bertz CT molecular complexity index is 1860. The van der Waals surface area contributed by atoms with E-state index in [1.807, 2.05) is 24.3 Å². The Hall–Kier alpha value is -4.58. The topological polar surface area (TPSA) is 103 Å².